The van der Waals surface area contributed by atoms with E-state index in [1.165, 1.54) is 10.4 Å². The van der Waals surface area contributed by atoms with Gasteiger partial charge in [0.1, 0.15) is 5.75 Å². The molecule has 0 bridgehead atoms. The molecule has 2 aromatic rings. The minimum atomic E-state index is 0. The summed E-state index contributed by atoms with van der Waals surface area (Å²) in [5, 5.41) is 6.88. The second-order valence-corrected chi connectivity index (χ2v) is 8.57. The Bertz CT molecular complexity index is 782. The van der Waals surface area contributed by atoms with Crippen molar-refractivity contribution in [2.45, 2.75) is 12.5 Å². The standard InChI is InChI=1S/C21H29ClN4O2S.HI/c1-23-21(24-10-9-18-7-8-20(22)29-18)25-15-19(26-11-13-28-14-12-26)16-3-5-17(27-2)6-4-16;/h3-8,19H,9-15H2,1-2H3,(H2,23,24,25);1H. The fraction of sp³-hybridized carbons (Fsp3) is 0.476. The molecule has 0 amide bonds. The Morgan fingerprint density at radius 3 is 2.53 bits per heavy atom. The number of ether oxygens (including phenoxy) is 2. The van der Waals surface area contributed by atoms with Crippen LogP contribution in [0, 0.1) is 0 Å². The lowest BCUT2D eigenvalue weighted by Gasteiger charge is -2.35. The highest BCUT2D eigenvalue weighted by atomic mass is 127. The summed E-state index contributed by atoms with van der Waals surface area (Å²) in [4.78, 5) is 8.09. The smallest absolute Gasteiger partial charge is 0.191 e. The maximum Gasteiger partial charge on any atom is 0.191 e. The van der Waals surface area contributed by atoms with Gasteiger partial charge in [-0.05, 0) is 36.2 Å². The maximum absolute atomic E-state index is 6.01. The Labute approximate surface area is 205 Å². The van der Waals surface area contributed by atoms with Gasteiger partial charge in [0.05, 0.1) is 30.7 Å². The molecule has 0 spiro atoms. The van der Waals surface area contributed by atoms with Gasteiger partial charge in [-0.1, -0.05) is 23.7 Å². The second kappa shape index (κ2) is 13.4. The largest absolute Gasteiger partial charge is 0.497 e. The number of guanidine groups is 1. The first-order valence-electron chi connectivity index (χ1n) is 9.84. The molecule has 1 unspecified atom stereocenters. The fourth-order valence-corrected chi connectivity index (χ4v) is 4.46. The molecule has 0 aliphatic carbocycles. The van der Waals surface area contributed by atoms with Gasteiger partial charge in [-0.25, -0.2) is 0 Å². The third-order valence-electron chi connectivity index (χ3n) is 4.97. The van der Waals surface area contributed by atoms with E-state index in [2.05, 4.69) is 38.7 Å². The summed E-state index contributed by atoms with van der Waals surface area (Å²) in [5.74, 6) is 1.67. The van der Waals surface area contributed by atoms with Gasteiger partial charge in [-0.15, -0.1) is 35.3 Å². The van der Waals surface area contributed by atoms with Gasteiger partial charge in [0.25, 0.3) is 0 Å². The predicted octanol–water partition coefficient (Wildman–Crippen LogP) is 3.81. The summed E-state index contributed by atoms with van der Waals surface area (Å²) in [5.41, 5.74) is 1.25. The highest BCUT2D eigenvalue weighted by Crippen LogP contribution is 2.24. The first-order chi connectivity index (χ1) is 14.2. The van der Waals surface area contributed by atoms with Crippen molar-refractivity contribution < 1.29 is 9.47 Å². The van der Waals surface area contributed by atoms with Crippen molar-refractivity contribution in [3.8, 4) is 5.75 Å². The number of hydrogen-bond acceptors (Lipinski definition) is 5. The van der Waals surface area contributed by atoms with Crippen LogP contribution in [0.1, 0.15) is 16.5 Å². The third-order valence-corrected chi connectivity index (χ3v) is 6.26. The normalized spacial score (nSPS) is 15.9. The van der Waals surface area contributed by atoms with Crippen molar-refractivity contribution in [1.82, 2.24) is 15.5 Å². The van der Waals surface area contributed by atoms with E-state index in [0.29, 0.717) is 0 Å². The average Bonchev–Trinajstić information content (AvgIpc) is 3.18. The number of halogens is 2. The molecule has 2 heterocycles. The Morgan fingerprint density at radius 2 is 1.93 bits per heavy atom. The molecule has 1 fully saturated rings. The predicted molar refractivity (Wildman–Crippen MR) is 136 cm³/mol. The van der Waals surface area contributed by atoms with Crippen LogP contribution < -0.4 is 15.4 Å². The first kappa shape index (κ1) is 25.2. The Morgan fingerprint density at radius 1 is 1.20 bits per heavy atom. The lowest BCUT2D eigenvalue weighted by molar-refractivity contribution is 0.0170. The molecule has 0 radical (unpaired) electrons. The van der Waals surface area contributed by atoms with Crippen molar-refractivity contribution >= 4 is 52.9 Å². The monoisotopic (exact) mass is 564 g/mol. The van der Waals surface area contributed by atoms with Crippen LogP contribution in [-0.2, 0) is 11.2 Å². The molecule has 6 nitrogen and oxygen atoms in total. The van der Waals surface area contributed by atoms with Crippen LogP contribution in [0.2, 0.25) is 4.34 Å². The minimum absolute atomic E-state index is 0. The lowest BCUT2D eigenvalue weighted by atomic mass is 10.0. The zero-order valence-electron chi connectivity index (χ0n) is 17.4. The number of nitrogens with one attached hydrogen (secondary N) is 2. The number of methoxy groups -OCH3 is 1. The summed E-state index contributed by atoms with van der Waals surface area (Å²) in [7, 11) is 3.49. The van der Waals surface area contributed by atoms with Gasteiger partial charge in [0.2, 0.25) is 0 Å². The summed E-state index contributed by atoms with van der Waals surface area (Å²) in [6.07, 6.45) is 0.920. The number of rotatable bonds is 8. The van der Waals surface area contributed by atoms with E-state index in [4.69, 9.17) is 21.1 Å². The molecule has 1 aliphatic heterocycles. The highest BCUT2D eigenvalue weighted by Gasteiger charge is 2.23. The zero-order chi connectivity index (χ0) is 20.5. The topological polar surface area (TPSA) is 58.1 Å². The average molecular weight is 565 g/mol. The van der Waals surface area contributed by atoms with Gasteiger partial charge in [-0.2, -0.15) is 0 Å². The van der Waals surface area contributed by atoms with E-state index in [1.807, 2.05) is 18.2 Å². The van der Waals surface area contributed by atoms with Crippen molar-refractivity contribution in [2.24, 2.45) is 4.99 Å². The Hall–Kier alpha value is -1.07. The van der Waals surface area contributed by atoms with Crippen molar-refractivity contribution in [2.75, 3.05) is 53.6 Å². The molecular weight excluding hydrogens is 535 g/mol. The molecule has 0 saturated carbocycles. The van der Waals surface area contributed by atoms with Crippen LogP contribution in [0.5, 0.6) is 5.75 Å². The van der Waals surface area contributed by atoms with Crippen LogP contribution >= 0.6 is 46.9 Å². The van der Waals surface area contributed by atoms with E-state index < -0.39 is 0 Å². The van der Waals surface area contributed by atoms with Crippen molar-refractivity contribution in [3.05, 3.63) is 51.2 Å². The van der Waals surface area contributed by atoms with E-state index in [-0.39, 0.29) is 30.0 Å². The molecule has 9 heteroatoms. The zero-order valence-corrected chi connectivity index (χ0v) is 21.3. The highest BCUT2D eigenvalue weighted by molar-refractivity contribution is 14.0. The third kappa shape index (κ3) is 7.56. The molecule has 1 aromatic heterocycles. The van der Waals surface area contributed by atoms with Crippen LogP contribution in [0.15, 0.2) is 41.4 Å². The molecule has 1 aromatic carbocycles. The summed E-state index contributed by atoms with van der Waals surface area (Å²) < 4.78 is 11.7. The Balaban J connectivity index is 0.00000320. The Kier molecular flexibility index (Phi) is 11.2. The van der Waals surface area contributed by atoms with Crippen LogP contribution in [0.25, 0.3) is 0 Å². The summed E-state index contributed by atoms with van der Waals surface area (Å²) >= 11 is 7.63. The molecule has 1 atom stereocenters. The minimum Gasteiger partial charge on any atom is -0.497 e. The summed E-state index contributed by atoms with van der Waals surface area (Å²) in [6, 6.07) is 12.6. The number of morpholine rings is 1. The number of benzene rings is 1. The van der Waals surface area contributed by atoms with Gasteiger partial charge < -0.3 is 20.1 Å². The molecular formula is C21H30ClIN4O2S. The second-order valence-electron chi connectivity index (χ2n) is 6.77. The van der Waals surface area contributed by atoms with E-state index in [9.17, 15) is 0 Å². The molecule has 30 heavy (non-hydrogen) atoms. The molecule has 166 valence electrons. The van der Waals surface area contributed by atoms with Crippen LogP contribution in [0.4, 0.5) is 0 Å². The molecule has 1 aliphatic rings. The molecule has 2 N–H and O–H groups in total. The number of nitrogens with zero attached hydrogens (tertiary/aromatic N) is 2. The number of aliphatic imine (C=N–C) groups is 1. The SMILES string of the molecule is CN=C(NCCc1ccc(Cl)s1)NCC(c1ccc(OC)cc1)N1CCOCC1.I. The summed E-state index contributed by atoms with van der Waals surface area (Å²) in [6.45, 7) is 4.94. The molecule has 1 saturated heterocycles. The first-order valence-corrected chi connectivity index (χ1v) is 11.0. The van der Waals surface area contributed by atoms with Gasteiger partial charge in [0, 0.05) is 38.1 Å². The van der Waals surface area contributed by atoms with Crippen LogP contribution in [-0.4, -0.2) is 64.4 Å². The maximum atomic E-state index is 6.01. The van der Waals surface area contributed by atoms with Crippen molar-refractivity contribution in [3.63, 3.8) is 0 Å². The quantitative estimate of drug-likeness (QED) is 0.290. The molecule has 3 rings (SSSR count). The van der Waals surface area contributed by atoms with Crippen molar-refractivity contribution in [1.29, 1.82) is 0 Å². The van der Waals surface area contributed by atoms with Gasteiger partial charge in [-0.3, -0.25) is 9.89 Å². The lowest BCUT2D eigenvalue weighted by Crippen LogP contribution is -2.46. The van der Waals surface area contributed by atoms with E-state index in [0.717, 1.165) is 61.9 Å². The van der Waals surface area contributed by atoms with Gasteiger partial charge >= 0.3 is 0 Å². The number of hydrogen-bond donors (Lipinski definition) is 2. The van der Waals surface area contributed by atoms with E-state index >= 15 is 0 Å². The van der Waals surface area contributed by atoms with E-state index in [1.54, 1.807) is 25.5 Å². The van der Waals surface area contributed by atoms with Crippen LogP contribution in [0.3, 0.4) is 0 Å². The number of thiophene rings is 1. The fourth-order valence-electron chi connectivity index (χ4n) is 3.38. The van der Waals surface area contributed by atoms with Gasteiger partial charge in [0.15, 0.2) is 5.96 Å².